The molecular weight excluding hydrogens is 206 g/mol. The van der Waals surface area contributed by atoms with Crippen LogP contribution in [-0.4, -0.2) is 6.54 Å². The molecule has 1 heterocycles. The predicted molar refractivity (Wildman–Crippen MR) is 73.5 cm³/mol. The lowest BCUT2D eigenvalue weighted by Gasteiger charge is -2.10. The van der Waals surface area contributed by atoms with Crippen LogP contribution in [0.5, 0.6) is 0 Å². The van der Waals surface area contributed by atoms with Crippen molar-refractivity contribution in [1.29, 1.82) is 0 Å². The van der Waals surface area contributed by atoms with Crippen LogP contribution in [0.25, 0.3) is 11.1 Å². The summed E-state index contributed by atoms with van der Waals surface area (Å²) in [5, 5.41) is 3.44. The van der Waals surface area contributed by atoms with Crippen LogP contribution in [0, 0.1) is 13.8 Å². The minimum absolute atomic E-state index is 1.07. The van der Waals surface area contributed by atoms with Crippen LogP contribution >= 0.6 is 0 Å². The van der Waals surface area contributed by atoms with Crippen molar-refractivity contribution in [3.05, 3.63) is 53.1 Å². The second-order valence-electron chi connectivity index (χ2n) is 4.80. The highest BCUT2D eigenvalue weighted by molar-refractivity contribution is 5.74. The largest absolute Gasteiger partial charge is 0.384 e. The molecule has 0 fully saturated rings. The highest BCUT2D eigenvalue weighted by Crippen LogP contribution is 2.31. The molecule has 1 N–H and O–H groups in total. The van der Waals surface area contributed by atoms with Gasteiger partial charge in [0, 0.05) is 12.2 Å². The molecule has 0 aromatic heterocycles. The lowest BCUT2D eigenvalue weighted by molar-refractivity contribution is 1.11. The number of hydrogen-bond acceptors (Lipinski definition) is 1. The predicted octanol–water partition coefficient (Wildman–Crippen LogP) is 3.94. The maximum Gasteiger partial charge on any atom is 0.0379 e. The Morgan fingerprint density at radius 2 is 1.94 bits per heavy atom. The molecule has 0 unspecified atom stereocenters. The zero-order valence-electron chi connectivity index (χ0n) is 10.4. The number of anilines is 1. The lowest BCUT2D eigenvalue weighted by atomic mass is 9.96. The van der Waals surface area contributed by atoms with E-state index in [0.29, 0.717) is 0 Å². The molecule has 1 aliphatic heterocycles. The lowest BCUT2D eigenvalue weighted by Crippen LogP contribution is -1.91. The normalized spacial score (nSPS) is 13.3. The van der Waals surface area contributed by atoms with Crippen LogP contribution in [0.4, 0.5) is 5.69 Å². The van der Waals surface area contributed by atoms with E-state index in [1.54, 1.807) is 0 Å². The smallest absolute Gasteiger partial charge is 0.0379 e. The zero-order chi connectivity index (χ0) is 11.8. The third kappa shape index (κ3) is 1.72. The molecule has 2 aromatic rings. The van der Waals surface area contributed by atoms with Crippen molar-refractivity contribution in [2.24, 2.45) is 0 Å². The van der Waals surface area contributed by atoms with Gasteiger partial charge in [0.2, 0.25) is 0 Å². The summed E-state index contributed by atoms with van der Waals surface area (Å²) in [5.41, 5.74) is 8.16. The van der Waals surface area contributed by atoms with Gasteiger partial charge in [0.05, 0.1) is 0 Å². The molecule has 1 aliphatic rings. The third-order valence-electron chi connectivity index (χ3n) is 3.74. The van der Waals surface area contributed by atoms with E-state index in [1.807, 2.05) is 0 Å². The summed E-state index contributed by atoms with van der Waals surface area (Å²) in [7, 11) is 0. The van der Waals surface area contributed by atoms with Gasteiger partial charge in [-0.25, -0.2) is 0 Å². The first-order valence-corrected chi connectivity index (χ1v) is 6.19. The Labute approximate surface area is 102 Å². The van der Waals surface area contributed by atoms with Crippen molar-refractivity contribution in [3.8, 4) is 11.1 Å². The summed E-state index contributed by atoms with van der Waals surface area (Å²) in [5.74, 6) is 0. The molecule has 17 heavy (non-hydrogen) atoms. The minimum Gasteiger partial charge on any atom is -0.384 e. The molecule has 3 rings (SSSR count). The first kappa shape index (κ1) is 10.4. The molecule has 2 aromatic carbocycles. The minimum atomic E-state index is 1.07. The summed E-state index contributed by atoms with van der Waals surface area (Å²) >= 11 is 0. The summed E-state index contributed by atoms with van der Waals surface area (Å²) in [6, 6.07) is 13.3. The molecule has 0 saturated heterocycles. The van der Waals surface area contributed by atoms with Crippen molar-refractivity contribution < 1.29 is 0 Å². The van der Waals surface area contributed by atoms with E-state index < -0.39 is 0 Å². The van der Waals surface area contributed by atoms with Crippen LogP contribution in [-0.2, 0) is 6.42 Å². The number of aryl methyl sites for hydroxylation is 1. The molecule has 0 saturated carbocycles. The maximum atomic E-state index is 3.44. The Morgan fingerprint density at radius 1 is 1.06 bits per heavy atom. The third-order valence-corrected chi connectivity index (χ3v) is 3.74. The van der Waals surface area contributed by atoms with Crippen molar-refractivity contribution in [2.75, 3.05) is 11.9 Å². The topological polar surface area (TPSA) is 12.0 Å². The average Bonchev–Trinajstić information content (AvgIpc) is 2.79. The van der Waals surface area contributed by atoms with Gasteiger partial charge in [0.25, 0.3) is 0 Å². The number of fused-ring (bicyclic) bond motifs is 1. The van der Waals surface area contributed by atoms with Crippen LogP contribution in [0.15, 0.2) is 36.4 Å². The van der Waals surface area contributed by atoms with Gasteiger partial charge in [0.15, 0.2) is 0 Å². The molecule has 0 bridgehead atoms. The Morgan fingerprint density at radius 3 is 2.82 bits per heavy atom. The number of benzene rings is 2. The van der Waals surface area contributed by atoms with Gasteiger partial charge in [-0.2, -0.15) is 0 Å². The summed E-state index contributed by atoms with van der Waals surface area (Å²) in [6.07, 6.45) is 1.16. The maximum absolute atomic E-state index is 3.44. The van der Waals surface area contributed by atoms with Crippen LogP contribution in [0.1, 0.15) is 16.7 Å². The van der Waals surface area contributed by atoms with E-state index in [0.717, 1.165) is 13.0 Å². The second-order valence-corrected chi connectivity index (χ2v) is 4.80. The van der Waals surface area contributed by atoms with Gasteiger partial charge in [-0.05, 0) is 54.2 Å². The molecule has 1 heteroatoms. The van der Waals surface area contributed by atoms with Gasteiger partial charge in [-0.3, -0.25) is 0 Å². The van der Waals surface area contributed by atoms with E-state index in [9.17, 15) is 0 Å². The van der Waals surface area contributed by atoms with Crippen molar-refractivity contribution in [1.82, 2.24) is 0 Å². The molecular formula is C16H17N. The summed E-state index contributed by atoms with van der Waals surface area (Å²) in [4.78, 5) is 0. The number of hydrogen-bond donors (Lipinski definition) is 1. The van der Waals surface area contributed by atoms with E-state index in [4.69, 9.17) is 0 Å². The Bertz CT molecular complexity index is 570. The Hall–Kier alpha value is -1.76. The van der Waals surface area contributed by atoms with Crippen LogP contribution in [0.3, 0.4) is 0 Å². The van der Waals surface area contributed by atoms with E-state index >= 15 is 0 Å². The van der Waals surface area contributed by atoms with Crippen LogP contribution in [0.2, 0.25) is 0 Å². The van der Waals surface area contributed by atoms with E-state index in [2.05, 4.69) is 55.6 Å². The highest BCUT2D eigenvalue weighted by Gasteiger charge is 2.11. The van der Waals surface area contributed by atoms with Gasteiger partial charge in [-0.15, -0.1) is 0 Å². The first-order chi connectivity index (χ1) is 8.25. The number of rotatable bonds is 1. The van der Waals surface area contributed by atoms with Crippen molar-refractivity contribution in [3.63, 3.8) is 0 Å². The van der Waals surface area contributed by atoms with Crippen molar-refractivity contribution in [2.45, 2.75) is 20.3 Å². The molecule has 0 amide bonds. The first-order valence-electron chi connectivity index (χ1n) is 6.19. The summed E-state index contributed by atoms with van der Waals surface area (Å²) in [6.45, 7) is 5.45. The van der Waals surface area contributed by atoms with Gasteiger partial charge >= 0.3 is 0 Å². The second kappa shape index (κ2) is 3.92. The molecule has 0 atom stereocenters. The average molecular weight is 223 g/mol. The zero-order valence-corrected chi connectivity index (χ0v) is 10.4. The fourth-order valence-corrected chi connectivity index (χ4v) is 2.52. The van der Waals surface area contributed by atoms with Gasteiger partial charge < -0.3 is 5.32 Å². The number of nitrogens with one attached hydrogen (secondary N) is 1. The SMILES string of the molecule is Cc1cccc(-c2ccc3c(c2)NCC3)c1C. The fraction of sp³-hybridized carbons (Fsp3) is 0.250. The molecule has 86 valence electrons. The van der Waals surface area contributed by atoms with Gasteiger partial charge in [-0.1, -0.05) is 30.3 Å². The monoisotopic (exact) mass is 223 g/mol. The van der Waals surface area contributed by atoms with Crippen molar-refractivity contribution >= 4 is 5.69 Å². The fourth-order valence-electron chi connectivity index (χ4n) is 2.52. The van der Waals surface area contributed by atoms with E-state index in [-0.39, 0.29) is 0 Å². The standard InChI is InChI=1S/C16H17N/c1-11-4-3-5-15(12(11)2)14-7-6-13-8-9-17-16(13)10-14/h3-7,10,17H,8-9H2,1-2H3. The highest BCUT2D eigenvalue weighted by atomic mass is 14.9. The Balaban J connectivity index is 2.13. The molecule has 0 radical (unpaired) electrons. The van der Waals surface area contributed by atoms with Crippen LogP contribution < -0.4 is 5.32 Å². The summed E-state index contributed by atoms with van der Waals surface area (Å²) < 4.78 is 0. The van der Waals surface area contributed by atoms with E-state index in [1.165, 1.54) is 33.5 Å². The molecule has 0 spiro atoms. The quantitative estimate of drug-likeness (QED) is 0.772. The molecule has 1 nitrogen and oxygen atoms in total. The van der Waals surface area contributed by atoms with Gasteiger partial charge in [0.1, 0.15) is 0 Å². The Kier molecular flexibility index (Phi) is 2.40. The molecule has 0 aliphatic carbocycles.